The minimum absolute atomic E-state index is 0.229. The summed E-state index contributed by atoms with van der Waals surface area (Å²) in [6.07, 6.45) is 2.12. The van der Waals surface area contributed by atoms with Gasteiger partial charge in [0.2, 0.25) is 0 Å². The van der Waals surface area contributed by atoms with Crippen LogP contribution in [0, 0.1) is 12.7 Å². The zero-order valence-electron chi connectivity index (χ0n) is 15.3. The minimum Gasteiger partial charge on any atom is -0.271 e. The van der Waals surface area contributed by atoms with Crippen molar-refractivity contribution in [2.75, 3.05) is 0 Å². The van der Waals surface area contributed by atoms with Crippen LogP contribution in [0.1, 0.15) is 29.5 Å². The summed E-state index contributed by atoms with van der Waals surface area (Å²) in [5.74, 6) is -0.229. The van der Waals surface area contributed by atoms with Crippen molar-refractivity contribution in [3.63, 3.8) is 0 Å². The van der Waals surface area contributed by atoms with Crippen LogP contribution in [0.25, 0.3) is 16.8 Å². The third-order valence-corrected chi connectivity index (χ3v) is 4.92. The first-order valence-electron chi connectivity index (χ1n) is 9.22. The van der Waals surface area contributed by atoms with E-state index < -0.39 is 0 Å². The first-order chi connectivity index (χ1) is 13.2. The predicted octanol–water partition coefficient (Wildman–Crippen LogP) is 6.03. The molecule has 4 rings (SSSR count). The lowest BCUT2D eigenvalue weighted by Crippen LogP contribution is -2.14. The molecule has 3 heteroatoms. The molecule has 0 heterocycles. The van der Waals surface area contributed by atoms with Crippen molar-refractivity contribution in [2.45, 2.75) is 26.4 Å². The van der Waals surface area contributed by atoms with E-state index in [4.69, 9.17) is 4.84 Å². The molecule has 0 amide bonds. The molecule has 136 valence electrons. The Bertz CT molecular complexity index is 955. The van der Waals surface area contributed by atoms with Gasteiger partial charge in [-0.3, -0.25) is 10.3 Å². The van der Waals surface area contributed by atoms with Crippen LogP contribution in [-0.2, 0) is 11.4 Å². The highest BCUT2D eigenvalue weighted by Gasteiger charge is 2.19. The highest BCUT2D eigenvalue weighted by atomic mass is 19.1. The summed E-state index contributed by atoms with van der Waals surface area (Å²) in [5, 5.41) is 0. The summed E-state index contributed by atoms with van der Waals surface area (Å²) in [6, 6.07) is 23.2. The molecular weight excluding hydrogens is 337 g/mol. The zero-order chi connectivity index (χ0) is 18.6. The molecule has 0 bridgehead atoms. The predicted molar refractivity (Wildman–Crippen MR) is 107 cm³/mol. The van der Waals surface area contributed by atoms with E-state index in [0.29, 0.717) is 6.61 Å². The van der Waals surface area contributed by atoms with Crippen LogP contribution in [0.2, 0.25) is 0 Å². The fourth-order valence-electron chi connectivity index (χ4n) is 3.22. The molecule has 0 atom stereocenters. The average Bonchev–Trinajstić information content (AvgIpc) is 3.53. The summed E-state index contributed by atoms with van der Waals surface area (Å²) < 4.78 is 13.2. The molecule has 3 aromatic carbocycles. The van der Waals surface area contributed by atoms with E-state index in [1.807, 2.05) is 6.07 Å². The molecule has 0 unspecified atom stereocenters. The number of hydrogen-bond donors (Lipinski definition) is 1. The van der Waals surface area contributed by atoms with Crippen LogP contribution in [0.4, 0.5) is 4.39 Å². The monoisotopic (exact) mass is 359 g/mol. The molecule has 2 nitrogen and oxygen atoms in total. The summed E-state index contributed by atoms with van der Waals surface area (Å²) in [6.45, 7) is 2.59. The quantitative estimate of drug-likeness (QED) is 0.543. The van der Waals surface area contributed by atoms with E-state index in [9.17, 15) is 4.39 Å². The fourth-order valence-corrected chi connectivity index (χ4v) is 3.22. The Labute approximate surface area is 159 Å². The lowest BCUT2D eigenvalue weighted by molar-refractivity contribution is 0.0641. The van der Waals surface area contributed by atoms with Gasteiger partial charge in [0, 0.05) is 5.56 Å². The number of halogens is 1. The van der Waals surface area contributed by atoms with Gasteiger partial charge in [-0.1, -0.05) is 48.5 Å². The third kappa shape index (κ3) is 4.09. The van der Waals surface area contributed by atoms with Gasteiger partial charge in [0.15, 0.2) is 0 Å². The van der Waals surface area contributed by atoms with Gasteiger partial charge < -0.3 is 0 Å². The van der Waals surface area contributed by atoms with Crippen LogP contribution in [0.5, 0.6) is 0 Å². The average molecular weight is 359 g/mol. The number of benzene rings is 3. The van der Waals surface area contributed by atoms with Crippen LogP contribution in [0.15, 0.2) is 78.4 Å². The van der Waals surface area contributed by atoms with Gasteiger partial charge in [-0.15, -0.1) is 0 Å². The second-order valence-electron chi connectivity index (χ2n) is 6.83. The van der Waals surface area contributed by atoms with Crippen molar-refractivity contribution in [2.24, 2.45) is 0 Å². The first-order valence-corrected chi connectivity index (χ1v) is 9.22. The Morgan fingerprint density at radius 3 is 2.37 bits per heavy atom. The number of nitrogens with one attached hydrogen (secondary N) is 1. The largest absolute Gasteiger partial charge is 0.271 e. The van der Waals surface area contributed by atoms with E-state index in [1.165, 1.54) is 34.4 Å². The number of hydroxylamine groups is 1. The lowest BCUT2D eigenvalue weighted by Gasteiger charge is -2.14. The molecule has 0 saturated heterocycles. The Hall–Kier alpha value is -2.91. The first kappa shape index (κ1) is 17.5. The molecule has 3 aromatic rings. The van der Waals surface area contributed by atoms with Gasteiger partial charge in [0.1, 0.15) is 5.82 Å². The SMILES string of the molecule is Cc1c(CONC(=C2CC2)c2ccc(F)cc2)cccc1-c1ccccc1. The molecule has 27 heavy (non-hydrogen) atoms. The summed E-state index contributed by atoms with van der Waals surface area (Å²) in [7, 11) is 0. The molecule has 1 saturated carbocycles. The lowest BCUT2D eigenvalue weighted by atomic mass is 9.97. The summed E-state index contributed by atoms with van der Waals surface area (Å²) in [4.78, 5) is 5.84. The number of hydrogen-bond acceptors (Lipinski definition) is 2. The third-order valence-electron chi connectivity index (χ3n) is 4.92. The highest BCUT2D eigenvalue weighted by molar-refractivity contribution is 5.69. The zero-order valence-corrected chi connectivity index (χ0v) is 15.3. The molecule has 1 N–H and O–H groups in total. The molecule has 1 aliphatic rings. The van der Waals surface area contributed by atoms with E-state index in [2.05, 4.69) is 54.9 Å². The van der Waals surface area contributed by atoms with Gasteiger partial charge in [-0.2, -0.15) is 0 Å². The molecule has 1 aliphatic carbocycles. The van der Waals surface area contributed by atoms with E-state index in [-0.39, 0.29) is 5.82 Å². The van der Waals surface area contributed by atoms with Gasteiger partial charge in [0.05, 0.1) is 12.3 Å². The van der Waals surface area contributed by atoms with E-state index >= 15 is 0 Å². The van der Waals surface area contributed by atoms with Crippen LogP contribution < -0.4 is 5.48 Å². The Kier molecular flexibility index (Phi) is 5.03. The van der Waals surface area contributed by atoms with Crippen molar-refractivity contribution >= 4 is 5.70 Å². The fraction of sp³-hybridized carbons (Fsp3) is 0.167. The van der Waals surface area contributed by atoms with E-state index in [0.717, 1.165) is 29.7 Å². The standard InChI is InChI=1S/C24H22FNO/c1-17-21(8-5-9-23(17)18-6-3-2-4-7-18)16-27-26-24(19-10-11-19)20-12-14-22(25)15-13-20/h2-9,12-15,26H,10-11,16H2,1H3. The molecule has 0 spiro atoms. The van der Waals surface area contributed by atoms with Crippen LogP contribution in [-0.4, -0.2) is 0 Å². The molecule has 0 aromatic heterocycles. The molecule has 0 radical (unpaired) electrons. The maximum Gasteiger partial charge on any atom is 0.123 e. The number of allylic oxidation sites excluding steroid dienone is 1. The Morgan fingerprint density at radius 2 is 1.67 bits per heavy atom. The maximum atomic E-state index is 13.2. The van der Waals surface area contributed by atoms with Crippen molar-refractivity contribution < 1.29 is 9.23 Å². The van der Waals surface area contributed by atoms with Gasteiger partial charge in [-0.25, -0.2) is 4.39 Å². The van der Waals surface area contributed by atoms with Gasteiger partial charge in [-0.05, 0) is 71.9 Å². The van der Waals surface area contributed by atoms with Crippen molar-refractivity contribution in [1.82, 2.24) is 5.48 Å². The van der Waals surface area contributed by atoms with Crippen LogP contribution >= 0.6 is 0 Å². The second kappa shape index (κ2) is 7.77. The molecular formula is C24H22FNO. The summed E-state index contributed by atoms with van der Waals surface area (Å²) in [5.41, 5.74) is 11.1. The van der Waals surface area contributed by atoms with E-state index in [1.54, 1.807) is 12.1 Å². The maximum absolute atomic E-state index is 13.2. The Morgan fingerprint density at radius 1 is 0.926 bits per heavy atom. The van der Waals surface area contributed by atoms with Gasteiger partial charge in [0.25, 0.3) is 0 Å². The van der Waals surface area contributed by atoms with Crippen molar-refractivity contribution in [3.8, 4) is 11.1 Å². The molecule has 1 fully saturated rings. The van der Waals surface area contributed by atoms with Crippen molar-refractivity contribution in [3.05, 3.63) is 101 Å². The highest BCUT2D eigenvalue weighted by Crippen LogP contribution is 2.35. The number of rotatable bonds is 6. The summed E-state index contributed by atoms with van der Waals surface area (Å²) >= 11 is 0. The second-order valence-corrected chi connectivity index (χ2v) is 6.83. The Balaban J connectivity index is 1.48. The van der Waals surface area contributed by atoms with Gasteiger partial charge >= 0.3 is 0 Å². The minimum atomic E-state index is -0.229. The van der Waals surface area contributed by atoms with Crippen molar-refractivity contribution in [1.29, 1.82) is 0 Å². The smallest absolute Gasteiger partial charge is 0.123 e. The van der Waals surface area contributed by atoms with Crippen LogP contribution in [0.3, 0.4) is 0 Å². The normalized spacial score (nSPS) is 12.7. The molecule has 0 aliphatic heterocycles. The topological polar surface area (TPSA) is 21.3 Å².